The molecule has 0 spiro atoms. The molecule has 0 bridgehead atoms. The van der Waals surface area contributed by atoms with Crippen LogP contribution in [0.15, 0.2) is 18.2 Å². The lowest BCUT2D eigenvalue weighted by Gasteiger charge is -2.30. The predicted octanol–water partition coefficient (Wildman–Crippen LogP) is 1.82. The zero-order valence-electron chi connectivity index (χ0n) is 11.6. The van der Waals surface area contributed by atoms with E-state index in [0.717, 1.165) is 12.1 Å². The standard InChI is InChI=1S/C15H22N2O2/c1-10-4-3-7-16-14(10)9-17-15(19)13-6-5-12(18)8-11(13)2/h5-6,8,10,14,16,18H,3-4,7,9H2,1-2H3,(H,17,19). The number of hydrogen-bond acceptors (Lipinski definition) is 3. The molecule has 1 aliphatic rings. The Labute approximate surface area is 114 Å². The molecule has 0 saturated carbocycles. The lowest BCUT2D eigenvalue weighted by atomic mass is 9.92. The smallest absolute Gasteiger partial charge is 0.251 e. The number of hydrogen-bond donors (Lipinski definition) is 3. The van der Waals surface area contributed by atoms with Crippen molar-refractivity contribution in [3.05, 3.63) is 29.3 Å². The van der Waals surface area contributed by atoms with Crippen LogP contribution in [0.1, 0.15) is 35.7 Å². The Kier molecular flexibility index (Phi) is 4.43. The predicted molar refractivity (Wildman–Crippen MR) is 75.4 cm³/mol. The van der Waals surface area contributed by atoms with E-state index in [1.165, 1.54) is 12.8 Å². The highest BCUT2D eigenvalue weighted by Crippen LogP contribution is 2.17. The van der Waals surface area contributed by atoms with Gasteiger partial charge in [0.1, 0.15) is 5.75 Å². The van der Waals surface area contributed by atoms with Gasteiger partial charge in [-0.1, -0.05) is 6.92 Å². The normalized spacial score (nSPS) is 23.1. The second-order valence-electron chi connectivity index (χ2n) is 5.39. The summed E-state index contributed by atoms with van der Waals surface area (Å²) in [7, 11) is 0. The number of aryl methyl sites for hydroxylation is 1. The third-order valence-electron chi connectivity index (χ3n) is 3.87. The van der Waals surface area contributed by atoms with E-state index >= 15 is 0 Å². The summed E-state index contributed by atoms with van der Waals surface area (Å²) in [5.41, 5.74) is 1.42. The van der Waals surface area contributed by atoms with Crippen LogP contribution < -0.4 is 10.6 Å². The topological polar surface area (TPSA) is 61.4 Å². The number of rotatable bonds is 3. The van der Waals surface area contributed by atoms with Crippen LogP contribution in [0.3, 0.4) is 0 Å². The van der Waals surface area contributed by atoms with Gasteiger partial charge in [-0.25, -0.2) is 0 Å². The highest BCUT2D eigenvalue weighted by Gasteiger charge is 2.21. The molecule has 0 aromatic heterocycles. The van der Waals surface area contributed by atoms with Gasteiger partial charge in [0.05, 0.1) is 0 Å². The quantitative estimate of drug-likeness (QED) is 0.778. The second kappa shape index (κ2) is 6.06. The summed E-state index contributed by atoms with van der Waals surface area (Å²) >= 11 is 0. The second-order valence-corrected chi connectivity index (χ2v) is 5.39. The molecule has 1 aromatic carbocycles. The number of phenolic OH excluding ortho intramolecular Hbond substituents is 1. The number of carbonyl (C=O) groups excluding carboxylic acids is 1. The molecule has 2 atom stereocenters. The molecule has 0 radical (unpaired) electrons. The van der Waals surface area contributed by atoms with Gasteiger partial charge < -0.3 is 15.7 Å². The molecule has 2 unspecified atom stereocenters. The Hall–Kier alpha value is -1.55. The van der Waals surface area contributed by atoms with E-state index in [9.17, 15) is 9.90 Å². The lowest BCUT2D eigenvalue weighted by molar-refractivity contribution is 0.0943. The fourth-order valence-electron chi connectivity index (χ4n) is 2.59. The van der Waals surface area contributed by atoms with Crippen molar-refractivity contribution >= 4 is 5.91 Å². The molecule has 1 amide bonds. The fraction of sp³-hybridized carbons (Fsp3) is 0.533. The molecular formula is C15H22N2O2. The molecule has 1 aromatic rings. The Morgan fingerprint density at radius 2 is 2.32 bits per heavy atom. The van der Waals surface area contributed by atoms with Crippen molar-refractivity contribution in [3.63, 3.8) is 0 Å². The van der Waals surface area contributed by atoms with E-state index in [2.05, 4.69) is 17.6 Å². The van der Waals surface area contributed by atoms with Crippen molar-refractivity contribution in [3.8, 4) is 5.75 Å². The van der Waals surface area contributed by atoms with E-state index < -0.39 is 0 Å². The Bertz CT molecular complexity index is 459. The van der Waals surface area contributed by atoms with Crippen LogP contribution in [0.5, 0.6) is 5.75 Å². The van der Waals surface area contributed by atoms with Gasteiger partial charge in [-0.2, -0.15) is 0 Å². The molecule has 0 aliphatic carbocycles. The number of nitrogens with one attached hydrogen (secondary N) is 2. The molecule has 104 valence electrons. The third-order valence-corrected chi connectivity index (χ3v) is 3.87. The average Bonchev–Trinajstić information content (AvgIpc) is 2.37. The van der Waals surface area contributed by atoms with Gasteiger partial charge in [-0.05, 0) is 56.0 Å². The summed E-state index contributed by atoms with van der Waals surface area (Å²) < 4.78 is 0. The number of phenols is 1. The maximum Gasteiger partial charge on any atom is 0.251 e. The maximum absolute atomic E-state index is 12.1. The Morgan fingerprint density at radius 3 is 3.00 bits per heavy atom. The van der Waals surface area contributed by atoms with Gasteiger partial charge in [-0.3, -0.25) is 4.79 Å². The summed E-state index contributed by atoms with van der Waals surface area (Å²) in [6.07, 6.45) is 2.43. The molecule has 19 heavy (non-hydrogen) atoms. The Morgan fingerprint density at radius 1 is 1.53 bits per heavy atom. The molecule has 2 rings (SSSR count). The molecule has 4 nitrogen and oxygen atoms in total. The first kappa shape index (κ1) is 13.9. The highest BCUT2D eigenvalue weighted by atomic mass is 16.3. The van der Waals surface area contributed by atoms with Gasteiger partial charge >= 0.3 is 0 Å². The zero-order chi connectivity index (χ0) is 13.8. The molecule has 1 aliphatic heterocycles. The summed E-state index contributed by atoms with van der Waals surface area (Å²) in [5.74, 6) is 0.712. The van der Waals surface area contributed by atoms with Gasteiger partial charge in [0.2, 0.25) is 0 Å². The minimum atomic E-state index is -0.0722. The van der Waals surface area contributed by atoms with Crippen LogP contribution in [0.2, 0.25) is 0 Å². The zero-order valence-corrected chi connectivity index (χ0v) is 11.6. The number of carbonyl (C=O) groups is 1. The number of benzene rings is 1. The monoisotopic (exact) mass is 262 g/mol. The van der Waals surface area contributed by atoms with Crippen LogP contribution in [0.4, 0.5) is 0 Å². The van der Waals surface area contributed by atoms with Crippen LogP contribution in [-0.4, -0.2) is 30.1 Å². The van der Waals surface area contributed by atoms with E-state index in [-0.39, 0.29) is 11.7 Å². The van der Waals surface area contributed by atoms with Crippen LogP contribution in [0.25, 0.3) is 0 Å². The van der Waals surface area contributed by atoms with Gasteiger partial charge in [0.15, 0.2) is 0 Å². The first-order chi connectivity index (χ1) is 9.08. The SMILES string of the molecule is Cc1cc(O)ccc1C(=O)NCC1NCCCC1C. The van der Waals surface area contributed by atoms with Crippen LogP contribution in [0, 0.1) is 12.8 Å². The number of aromatic hydroxyl groups is 1. The van der Waals surface area contributed by atoms with Crippen molar-refractivity contribution in [2.75, 3.05) is 13.1 Å². The first-order valence-corrected chi connectivity index (χ1v) is 6.89. The highest BCUT2D eigenvalue weighted by molar-refractivity contribution is 5.95. The van der Waals surface area contributed by atoms with E-state index in [1.807, 2.05) is 6.92 Å². The molecule has 1 fully saturated rings. The summed E-state index contributed by atoms with van der Waals surface area (Å²) in [5, 5.41) is 15.8. The van der Waals surface area contributed by atoms with E-state index in [4.69, 9.17) is 0 Å². The average molecular weight is 262 g/mol. The fourth-order valence-corrected chi connectivity index (χ4v) is 2.59. The molecule has 4 heteroatoms. The van der Waals surface area contributed by atoms with Crippen molar-refractivity contribution in [1.82, 2.24) is 10.6 Å². The lowest BCUT2D eigenvalue weighted by Crippen LogP contribution is -2.47. The van der Waals surface area contributed by atoms with Crippen molar-refractivity contribution < 1.29 is 9.90 Å². The van der Waals surface area contributed by atoms with Gasteiger partial charge in [-0.15, -0.1) is 0 Å². The molecule has 1 saturated heterocycles. The summed E-state index contributed by atoms with van der Waals surface area (Å²) in [4.78, 5) is 12.1. The van der Waals surface area contributed by atoms with Gasteiger partial charge in [0, 0.05) is 18.2 Å². The van der Waals surface area contributed by atoms with Crippen LogP contribution in [-0.2, 0) is 0 Å². The summed E-state index contributed by atoms with van der Waals surface area (Å²) in [6, 6.07) is 5.17. The Balaban J connectivity index is 1.93. The third kappa shape index (κ3) is 3.47. The van der Waals surface area contributed by atoms with E-state index in [1.54, 1.807) is 18.2 Å². The summed E-state index contributed by atoms with van der Waals surface area (Å²) in [6.45, 7) is 5.73. The van der Waals surface area contributed by atoms with Crippen LogP contribution >= 0.6 is 0 Å². The maximum atomic E-state index is 12.1. The minimum Gasteiger partial charge on any atom is -0.508 e. The van der Waals surface area contributed by atoms with Crippen molar-refractivity contribution in [2.45, 2.75) is 32.7 Å². The largest absolute Gasteiger partial charge is 0.508 e. The molecule has 3 N–H and O–H groups in total. The van der Waals surface area contributed by atoms with Crippen molar-refractivity contribution in [1.29, 1.82) is 0 Å². The molecule has 1 heterocycles. The molecular weight excluding hydrogens is 240 g/mol. The van der Waals surface area contributed by atoms with E-state index in [0.29, 0.717) is 24.1 Å². The number of piperidine rings is 1. The van der Waals surface area contributed by atoms with Gasteiger partial charge in [0.25, 0.3) is 5.91 Å². The first-order valence-electron chi connectivity index (χ1n) is 6.89. The minimum absolute atomic E-state index is 0.0722. The van der Waals surface area contributed by atoms with Crippen molar-refractivity contribution in [2.24, 2.45) is 5.92 Å². The number of amides is 1.